The predicted molar refractivity (Wildman–Crippen MR) is 135 cm³/mol. The highest BCUT2D eigenvalue weighted by molar-refractivity contribution is 7.20. The Labute approximate surface area is 207 Å². The third-order valence-corrected chi connectivity index (χ3v) is 7.06. The van der Waals surface area contributed by atoms with Crippen molar-refractivity contribution in [2.75, 3.05) is 51.3 Å². The quantitative estimate of drug-likeness (QED) is 0.406. The number of fused-ring (bicyclic) bond motifs is 1. The number of amides is 1. The summed E-state index contributed by atoms with van der Waals surface area (Å²) in [6, 6.07) is 14.2. The van der Waals surface area contributed by atoms with Crippen LogP contribution in [0.3, 0.4) is 0 Å². The van der Waals surface area contributed by atoms with Crippen molar-refractivity contribution in [2.24, 2.45) is 0 Å². The molecule has 182 valence electrons. The third kappa shape index (κ3) is 5.60. The monoisotopic (exact) mass is 494 g/mol. The number of methoxy groups -OCH3 is 1. The van der Waals surface area contributed by atoms with Crippen LogP contribution in [0.2, 0.25) is 0 Å². The Kier molecular flexibility index (Phi) is 6.91. The van der Waals surface area contributed by atoms with Crippen LogP contribution in [0.1, 0.15) is 5.56 Å². The molecule has 1 aliphatic rings. The second-order valence-electron chi connectivity index (χ2n) is 8.46. The highest BCUT2D eigenvalue weighted by Crippen LogP contribution is 2.27. The standard InChI is InChI=1S/C25H27FN6O2S/c1-34-21-8-2-18(3-9-21)10-11-27-23(33)17-30-12-14-31(15-13-30)25-29-32-16-22(28-24(32)35-25)19-4-6-20(26)7-5-19/h2-9,16H,10-15,17H2,1H3,(H,27,33). The van der Waals surface area contributed by atoms with E-state index in [0.717, 1.165) is 59.7 Å². The predicted octanol–water partition coefficient (Wildman–Crippen LogP) is 3.09. The van der Waals surface area contributed by atoms with Crippen LogP contribution in [0.4, 0.5) is 9.52 Å². The van der Waals surface area contributed by atoms with Crippen LogP contribution in [-0.4, -0.2) is 71.8 Å². The van der Waals surface area contributed by atoms with Gasteiger partial charge in [-0.2, -0.15) is 0 Å². The summed E-state index contributed by atoms with van der Waals surface area (Å²) in [5, 5.41) is 8.62. The van der Waals surface area contributed by atoms with E-state index in [2.05, 4.69) is 25.2 Å². The highest BCUT2D eigenvalue weighted by atomic mass is 32.1. The number of nitrogens with zero attached hydrogens (tertiary/aromatic N) is 5. The lowest BCUT2D eigenvalue weighted by atomic mass is 10.1. The summed E-state index contributed by atoms with van der Waals surface area (Å²) < 4.78 is 20.1. The first-order valence-electron chi connectivity index (χ1n) is 11.6. The van der Waals surface area contributed by atoms with Gasteiger partial charge in [0.15, 0.2) is 0 Å². The minimum absolute atomic E-state index is 0.0491. The zero-order valence-corrected chi connectivity index (χ0v) is 20.3. The Morgan fingerprint density at radius 2 is 1.83 bits per heavy atom. The molecular formula is C25H27FN6O2S. The van der Waals surface area contributed by atoms with Gasteiger partial charge in [0.05, 0.1) is 25.5 Å². The minimum Gasteiger partial charge on any atom is -0.497 e. The fourth-order valence-corrected chi connectivity index (χ4v) is 5.01. The molecule has 3 heterocycles. The molecule has 0 saturated carbocycles. The first-order valence-corrected chi connectivity index (χ1v) is 12.4. The van der Waals surface area contributed by atoms with Gasteiger partial charge in [0, 0.05) is 38.3 Å². The average molecular weight is 495 g/mol. The molecule has 0 unspecified atom stereocenters. The number of carbonyl (C=O) groups excluding carboxylic acids is 1. The molecule has 1 N–H and O–H groups in total. The first kappa shape index (κ1) is 23.3. The van der Waals surface area contributed by atoms with Crippen molar-refractivity contribution in [3.05, 3.63) is 66.1 Å². The molecule has 5 rings (SSSR count). The Morgan fingerprint density at radius 1 is 1.09 bits per heavy atom. The van der Waals surface area contributed by atoms with Crippen LogP contribution in [0.5, 0.6) is 5.75 Å². The number of imidazole rings is 1. The molecule has 8 nitrogen and oxygen atoms in total. The summed E-state index contributed by atoms with van der Waals surface area (Å²) in [5.41, 5.74) is 2.80. The first-order chi connectivity index (χ1) is 17.1. The number of ether oxygens (including phenoxy) is 1. The summed E-state index contributed by atoms with van der Waals surface area (Å²) >= 11 is 1.54. The largest absolute Gasteiger partial charge is 0.497 e. The second kappa shape index (κ2) is 10.4. The number of hydrogen-bond acceptors (Lipinski definition) is 7. The van der Waals surface area contributed by atoms with Gasteiger partial charge in [-0.25, -0.2) is 13.9 Å². The maximum absolute atomic E-state index is 13.2. The molecule has 4 aromatic rings. The topological polar surface area (TPSA) is 75.0 Å². The van der Waals surface area contributed by atoms with E-state index in [4.69, 9.17) is 4.74 Å². The molecule has 0 atom stereocenters. The zero-order chi connectivity index (χ0) is 24.2. The van der Waals surface area contributed by atoms with Gasteiger partial charge in [-0.3, -0.25) is 9.69 Å². The summed E-state index contributed by atoms with van der Waals surface area (Å²) in [6.45, 7) is 4.23. The highest BCUT2D eigenvalue weighted by Gasteiger charge is 2.22. The Bertz CT molecular complexity index is 1250. The number of hydrogen-bond donors (Lipinski definition) is 1. The number of carbonyl (C=O) groups is 1. The van der Waals surface area contributed by atoms with Crippen molar-refractivity contribution in [2.45, 2.75) is 6.42 Å². The van der Waals surface area contributed by atoms with Crippen molar-refractivity contribution in [1.29, 1.82) is 0 Å². The van der Waals surface area contributed by atoms with Gasteiger partial charge < -0.3 is 15.0 Å². The van der Waals surface area contributed by atoms with Crippen LogP contribution < -0.4 is 15.0 Å². The average Bonchev–Trinajstić information content (AvgIpc) is 3.45. The lowest BCUT2D eigenvalue weighted by Gasteiger charge is -2.33. The summed E-state index contributed by atoms with van der Waals surface area (Å²) in [4.78, 5) is 22.2. The normalized spacial score (nSPS) is 14.4. The molecule has 0 bridgehead atoms. The third-order valence-electron chi connectivity index (χ3n) is 6.08. The van der Waals surface area contributed by atoms with Gasteiger partial charge in [-0.1, -0.05) is 23.5 Å². The summed E-state index contributed by atoms with van der Waals surface area (Å²) in [6.07, 6.45) is 2.66. The lowest BCUT2D eigenvalue weighted by molar-refractivity contribution is -0.122. The number of aromatic nitrogens is 3. The molecule has 0 spiro atoms. The Morgan fingerprint density at radius 3 is 2.51 bits per heavy atom. The molecular weight excluding hydrogens is 467 g/mol. The van der Waals surface area contributed by atoms with E-state index in [1.807, 2.05) is 30.5 Å². The van der Waals surface area contributed by atoms with E-state index in [1.165, 1.54) is 29.0 Å². The molecule has 1 aliphatic heterocycles. The van der Waals surface area contributed by atoms with Gasteiger partial charge in [0.2, 0.25) is 16.0 Å². The maximum atomic E-state index is 13.2. The number of nitrogens with one attached hydrogen (secondary N) is 1. The summed E-state index contributed by atoms with van der Waals surface area (Å²) in [7, 11) is 1.65. The van der Waals surface area contributed by atoms with E-state index in [-0.39, 0.29) is 11.7 Å². The van der Waals surface area contributed by atoms with E-state index >= 15 is 0 Å². The molecule has 1 amide bonds. The maximum Gasteiger partial charge on any atom is 0.234 e. The molecule has 0 aliphatic carbocycles. The number of benzene rings is 2. The second-order valence-corrected chi connectivity index (χ2v) is 9.39. The number of piperazine rings is 1. The number of rotatable bonds is 8. The van der Waals surface area contributed by atoms with Crippen molar-refractivity contribution in [3.63, 3.8) is 0 Å². The fourth-order valence-electron chi connectivity index (χ4n) is 4.07. The van der Waals surface area contributed by atoms with Gasteiger partial charge in [-0.15, -0.1) is 5.10 Å². The van der Waals surface area contributed by atoms with Crippen molar-refractivity contribution in [1.82, 2.24) is 24.8 Å². The Balaban J connectivity index is 1.08. The van der Waals surface area contributed by atoms with Crippen LogP contribution in [-0.2, 0) is 11.2 Å². The zero-order valence-electron chi connectivity index (χ0n) is 19.5. The smallest absolute Gasteiger partial charge is 0.234 e. The molecule has 1 saturated heterocycles. The van der Waals surface area contributed by atoms with Crippen LogP contribution in [0, 0.1) is 5.82 Å². The van der Waals surface area contributed by atoms with Crippen LogP contribution in [0.15, 0.2) is 54.7 Å². The van der Waals surface area contributed by atoms with Crippen molar-refractivity contribution in [3.8, 4) is 17.0 Å². The number of halogens is 1. The van der Waals surface area contributed by atoms with E-state index in [0.29, 0.717) is 13.1 Å². The van der Waals surface area contributed by atoms with Crippen LogP contribution >= 0.6 is 11.3 Å². The van der Waals surface area contributed by atoms with Crippen molar-refractivity contribution < 1.29 is 13.9 Å². The van der Waals surface area contributed by atoms with Crippen molar-refractivity contribution >= 4 is 27.3 Å². The minimum atomic E-state index is -0.264. The molecule has 10 heteroatoms. The lowest BCUT2D eigenvalue weighted by Crippen LogP contribution is -2.49. The molecule has 2 aromatic carbocycles. The van der Waals surface area contributed by atoms with Gasteiger partial charge in [0.25, 0.3) is 0 Å². The van der Waals surface area contributed by atoms with E-state index in [1.54, 1.807) is 23.8 Å². The molecule has 35 heavy (non-hydrogen) atoms. The molecule has 1 fully saturated rings. The van der Waals surface area contributed by atoms with Gasteiger partial charge >= 0.3 is 0 Å². The SMILES string of the molecule is COc1ccc(CCNC(=O)CN2CCN(c3nn4cc(-c5ccc(F)cc5)nc4s3)CC2)cc1. The van der Waals surface area contributed by atoms with E-state index in [9.17, 15) is 9.18 Å². The molecule has 2 aromatic heterocycles. The van der Waals surface area contributed by atoms with Crippen LogP contribution in [0.25, 0.3) is 16.2 Å². The molecule has 0 radical (unpaired) electrons. The summed E-state index contributed by atoms with van der Waals surface area (Å²) in [5.74, 6) is 0.617. The number of anilines is 1. The van der Waals surface area contributed by atoms with Gasteiger partial charge in [-0.05, 0) is 48.4 Å². The fraction of sp³-hybridized carbons (Fsp3) is 0.320. The van der Waals surface area contributed by atoms with Gasteiger partial charge in [0.1, 0.15) is 11.6 Å². The Hall–Kier alpha value is -3.50. The van der Waals surface area contributed by atoms with E-state index < -0.39 is 0 Å².